The maximum atomic E-state index is 14.2. The number of oxime groups is 1. The molecule has 3 atom stereocenters. The summed E-state index contributed by atoms with van der Waals surface area (Å²) in [5.41, 5.74) is -0.719. The molecule has 0 radical (unpaired) electrons. The number of hydrogen-bond acceptors (Lipinski definition) is 10. The summed E-state index contributed by atoms with van der Waals surface area (Å²) in [7, 11) is -3.20. The lowest BCUT2D eigenvalue weighted by Crippen LogP contribution is -2.49. The molecular weight excluding hydrogens is 699 g/mol. The number of phosphoric acid groups is 1. The quantitative estimate of drug-likeness (QED) is 0.146. The van der Waals surface area contributed by atoms with E-state index in [2.05, 4.69) is 15.0 Å². The third kappa shape index (κ3) is 10.6. The zero-order valence-corrected chi connectivity index (χ0v) is 30.2. The second-order valence-corrected chi connectivity index (χ2v) is 13.0. The Bertz CT molecular complexity index is 1710. The normalized spacial score (nSPS) is 19.0. The van der Waals surface area contributed by atoms with Gasteiger partial charge in [-0.3, -0.25) is 18.9 Å². The van der Waals surface area contributed by atoms with Crippen LogP contribution in [0.25, 0.3) is 0 Å². The molecule has 0 saturated carbocycles. The molecule has 1 aromatic heterocycles. The van der Waals surface area contributed by atoms with Crippen LogP contribution >= 0.6 is 7.82 Å². The van der Waals surface area contributed by atoms with Crippen molar-refractivity contribution in [3.63, 3.8) is 0 Å². The van der Waals surface area contributed by atoms with Gasteiger partial charge in [-0.1, -0.05) is 25.1 Å². The average molecular weight is 744 g/mol. The zero-order valence-electron chi connectivity index (χ0n) is 29.3. The van der Waals surface area contributed by atoms with Crippen LogP contribution in [0.1, 0.15) is 86.3 Å². The summed E-state index contributed by atoms with van der Waals surface area (Å²) in [4.78, 5) is 77.4. The fraction of sp³-hybridized carbons (Fsp3) is 0.531. The first-order valence-electron chi connectivity index (χ1n) is 16.3. The van der Waals surface area contributed by atoms with Crippen LogP contribution in [0, 0.1) is 11.6 Å². The number of phosphoric ester groups is 1. The summed E-state index contributed by atoms with van der Waals surface area (Å²) in [5.74, 6) is -3.45. The summed E-state index contributed by atoms with van der Waals surface area (Å²) < 4.78 is 52.9. The molecule has 5 rings (SSSR count). The molecule has 3 aliphatic heterocycles. The van der Waals surface area contributed by atoms with E-state index in [0.717, 1.165) is 19.6 Å². The van der Waals surface area contributed by atoms with Gasteiger partial charge in [-0.2, -0.15) is 0 Å². The van der Waals surface area contributed by atoms with E-state index >= 15 is 0 Å². The molecule has 0 spiro atoms. The molecule has 2 bridgehead atoms. The van der Waals surface area contributed by atoms with Gasteiger partial charge in [0.15, 0.2) is 5.69 Å². The fourth-order valence-corrected chi connectivity index (χ4v) is 5.27. The number of likely N-dealkylation sites (tertiary alicyclic amines) is 1. The Morgan fingerprint density at radius 2 is 1.78 bits per heavy atom. The molecule has 16 nitrogen and oxygen atoms in total. The van der Waals surface area contributed by atoms with E-state index in [1.807, 2.05) is 20.8 Å². The average Bonchev–Trinajstić information content (AvgIpc) is 3.19. The Morgan fingerprint density at radius 1 is 1.12 bits per heavy atom. The molecule has 3 amide bonds. The molecule has 282 valence electrons. The zero-order chi connectivity index (χ0) is 38.0. The number of benzene rings is 1. The third-order valence-corrected chi connectivity index (χ3v) is 8.51. The van der Waals surface area contributed by atoms with Crippen LogP contribution in [-0.4, -0.2) is 93.5 Å². The van der Waals surface area contributed by atoms with Crippen molar-refractivity contribution in [2.75, 3.05) is 33.5 Å². The van der Waals surface area contributed by atoms with Crippen molar-refractivity contribution < 1.29 is 56.4 Å². The molecule has 4 heterocycles. The maximum absolute atomic E-state index is 14.2. The Balaban J connectivity index is 0.000000796. The first kappa shape index (κ1) is 41.0. The molecule has 2 saturated heterocycles. The summed E-state index contributed by atoms with van der Waals surface area (Å²) in [6.07, 6.45) is 2.10. The third-order valence-electron chi connectivity index (χ3n) is 8.03. The topological polar surface area (TPSA) is 199 Å². The highest BCUT2D eigenvalue weighted by molar-refractivity contribution is 7.46. The minimum Gasteiger partial charge on any atom is -0.451 e. The Hall–Kier alpha value is -4.38. The summed E-state index contributed by atoms with van der Waals surface area (Å²) in [6.45, 7) is 9.75. The van der Waals surface area contributed by atoms with Crippen LogP contribution in [0.4, 0.5) is 13.6 Å². The minimum absolute atomic E-state index is 0.00651. The molecular formula is C32H44F2N5O11P. The van der Waals surface area contributed by atoms with Gasteiger partial charge >= 0.3 is 13.9 Å². The maximum Gasteiger partial charge on any atom is 0.469 e. The molecule has 19 heteroatoms. The van der Waals surface area contributed by atoms with E-state index in [1.165, 1.54) is 21.7 Å². The standard InChI is InChI=1S/C29H33F2N5O7.C2H6.CH5O4P/c1-16(2)33-43-23-8-5-17(3)35-14-22(23)36-13-20(27(38)32-12-18-6-7-19(30)11-21(18)31)25(37)26(24(36)28(35)39)41-15-42-29(40)34-9-4-10-34;1-2;1-5-6(2,3)4/h6-7,11,13,17,22-23H,4-5,8-10,12,14-15H2,1-3H3,(H,32,38);1-2H3;1H3,(H2,2,3,4). The first-order valence-corrected chi connectivity index (χ1v) is 17.8. The van der Waals surface area contributed by atoms with Gasteiger partial charge in [-0.05, 0) is 46.1 Å². The van der Waals surface area contributed by atoms with Crippen LogP contribution in [0.3, 0.4) is 0 Å². The van der Waals surface area contributed by atoms with E-state index in [9.17, 15) is 32.5 Å². The monoisotopic (exact) mass is 743 g/mol. The van der Waals surface area contributed by atoms with Crippen LogP contribution < -0.4 is 15.5 Å². The van der Waals surface area contributed by atoms with Crippen LogP contribution in [0.15, 0.2) is 34.3 Å². The van der Waals surface area contributed by atoms with Gasteiger partial charge in [0.2, 0.25) is 18.0 Å². The van der Waals surface area contributed by atoms with Gasteiger partial charge in [-0.25, -0.2) is 18.1 Å². The summed E-state index contributed by atoms with van der Waals surface area (Å²) in [6, 6.07) is 2.19. The highest BCUT2D eigenvalue weighted by Gasteiger charge is 2.44. The largest absolute Gasteiger partial charge is 0.469 e. The van der Waals surface area contributed by atoms with Gasteiger partial charge in [0.05, 0.1) is 11.8 Å². The molecule has 51 heavy (non-hydrogen) atoms. The van der Waals surface area contributed by atoms with Gasteiger partial charge in [-0.15, -0.1) is 0 Å². The summed E-state index contributed by atoms with van der Waals surface area (Å²) >= 11 is 0. The number of carbonyl (C=O) groups is 3. The van der Waals surface area contributed by atoms with Crippen molar-refractivity contribution in [2.45, 2.75) is 78.6 Å². The van der Waals surface area contributed by atoms with Crippen molar-refractivity contribution in [2.24, 2.45) is 5.16 Å². The number of aromatic nitrogens is 1. The lowest BCUT2D eigenvalue weighted by molar-refractivity contribution is 0.00538. The smallest absolute Gasteiger partial charge is 0.451 e. The van der Waals surface area contributed by atoms with Crippen LogP contribution in [-0.2, 0) is 25.2 Å². The molecule has 3 N–H and O–H groups in total. The molecule has 2 fully saturated rings. The lowest BCUT2D eigenvalue weighted by Gasteiger charge is -2.38. The predicted molar refractivity (Wildman–Crippen MR) is 179 cm³/mol. The molecule has 2 aromatic rings. The number of pyridine rings is 1. The minimum atomic E-state index is -4.15. The molecule has 3 aliphatic rings. The Labute approximate surface area is 293 Å². The highest BCUT2D eigenvalue weighted by Crippen LogP contribution is 2.36. The van der Waals surface area contributed by atoms with Gasteiger partial charge < -0.3 is 43.8 Å². The van der Waals surface area contributed by atoms with Crippen molar-refractivity contribution >= 4 is 31.4 Å². The highest BCUT2D eigenvalue weighted by atomic mass is 31.2. The molecule has 0 aliphatic carbocycles. The molecule has 3 unspecified atom stereocenters. The second kappa shape index (κ2) is 18.2. The van der Waals surface area contributed by atoms with Gasteiger partial charge in [0, 0.05) is 57.2 Å². The number of ether oxygens (including phenoxy) is 2. The molecule has 1 aromatic carbocycles. The Morgan fingerprint density at radius 3 is 2.35 bits per heavy atom. The number of carbonyl (C=O) groups excluding carboxylic acids is 3. The van der Waals surface area contributed by atoms with E-state index < -0.39 is 67.5 Å². The summed E-state index contributed by atoms with van der Waals surface area (Å²) in [5, 5.41) is 6.61. The number of halogens is 2. The van der Waals surface area contributed by atoms with E-state index in [0.29, 0.717) is 37.7 Å². The number of fused-ring (bicyclic) bond motifs is 4. The van der Waals surface area contributed by atoms with Gasteiger partial charge in [0.1, 0.15) is 23.3 Å². The van der Waals surface area contributed by atoms with Crippen molar-refractivity contribution in [1.29, 1.82) is 0 Å². The number of hydrogen-bond donors (Lipinski definition) is 3. The van der Waals surface area contributed by atoms with Crippen LogP contribution in [0.2, 0.25) is 0 Å². The lowest BCUT2D eigenvalue weighted by atomic mass is 10.0. The Kier molecular flexibility index (Phi) is 14.7. The number of rotatable bonds is 9. The van der Waals surface area contributed by atoms with Crippen molar-refractivity contribution in [1.82, 2.24) is 19.7 Å². The number of nitrogens with one attached hydrogen (secondary N) is 1. The predicted octanol–water partition coefficient (Wildman–Crippen LogP) is 3.95. The SMILES string of the molecule is CC.CC(C)=NOC1CCC(C)N2CC1n1cc(C(=O)NCc3ccc(F)cc3F)c(=O)c(OCOC(=O)N3CCC3)c1C2=O.COP(=O)(O)O. The van der Waals surface area contributed by atoms with E-state index in [-0.39, 0.29) is 36.0 Å². The number of amides is 3. The second-order valence-electron chi connectivity index (χ2n) is 11.7. The van der Waals surface area contributed by atoms with Crippen molar-refractivity contribution in [3.8, 4) is 5.75 Å². The van der Waals surface area contributed by atoms with E-state index in [1.54, 1.807) is 18.7 Å². The fourth-order valence-electron chi connectivity index (χ4n) is 5.27. The van der Waals surface area contributed by atoms with Crippen molar-refractivity contribution in [3.05, 3.63) is 63.1 Å². The van der Waals surface area contributed by atoms with E-state index in [4.69, 9.17) is 24.1 Å². The number of nitrogens with zero attached hydrogens (tertiary/aromatic N) is 4. The van der Waals surface area contributed by atoms with Crippen LogP contribution in [0.5, 0.6) is 5.75 Å². The van der Waals surface area contributed by atoms with Gasteiger partial charge in [0.25, 0.3) is 11.8 Å². The first-order chi connectivity index (χ1) is 24.1.